The molecule has 1 fully saturated rings. The van der Waals surface area contributed by atoms with Crippen LogP contribution in [0.4, 0.5) is 0 Å². The van der Waals surface area contributed by atoms with Gasteiger partial charge in [-0.15, -0.1) is 0 Å². The van der Waals surface area contributed by atoms with E-state index in [0.29, 0.717) is 5.75 Å². The van der Waals surface area contributed by atoms with E-state index in [1.165, 1.54) is 0 Å². The maximum absolute atomic E-state index is 11.7. The number of carbonyl (C=O) groups is 1. The van der Waals surface area contributed by atoms with Crippen LogP contribution in [0.15, 0.2) is 30.3 Å². The normalized spacial score (nSPS) is 20.4. The zero-order chi connectivity index (χ0) is 12.8. The Morgan fingerprint density at radius 3 is 2.94 bits per heavy atom. The molecule has 1 heterocycles. The van der Waals surface area contributed by atoms with Crippen LogP contribution in [-0.4, -0.2) is 31.3 Å². The smallest absolute Gasteiger partial charge is 0.258 e. The molecular weight excluding hydrogens is 230 g/mol. The Balaban J connectivity index is 1.71. The maximum atomic E-state index is 11.7. The number of ether oxygens (including phenoxy) is 2. The van der Waals surface area contributed by atoms with E-state index in [4.69, 9.17) is 9.47 Å². The van der Waals surface area contributed by atoms with Crippen molar-refractivity contribution in [2.24, 2.45) is 0 Å². The second-order valence-electron chi connectivity index (χ2n) is 4.51. The summed E-state index contributed by atoms with van der Waals surface area (Å²) in [5, 5.41) is 2.90. The van der Waals surface area contributed by atoms with Crippen LogP contribution in [0.25, 0.3) is 0 Å². The van der Waals surface area contributed by atoms with Crippen LogP contribution < -0.4 is 10.1 Å². The van der Waals surface area contributed by atoms with Gasteiger partial charge in [0.25, 0.3) is 5.91 Å². The molecule has 1 aliphatic heterocycles. The predicted molar refractivity (Wildman–Crippen MR) is 68.5 cm³/mol. The van der Waals surface area contributed by atoms with Crippen molar-refractivity contribution in [2.75, 3.05) is 13.2 Å². The van der Waals surface area contributed by atoms with Gasteiger partial charge in [-0.2, -0.15) is 0 Å². The van der Waals surface area contributed by atoms with E-state index >= 15 is 0 Å². The summed E-state index contributed by atoms with van der Waals surface area (Å²) in [6.45, 7) is 2.81. The third-order valence-corrected chi connectivity index (χ3v) is 3.02. The van der Waals surface area contributed by atoms with Crippen LogP contribution in [0.1, 0.15) is 19.8 Å². The Morgan fingerprint density at radius 1 is 1.50 bits per heavy atom. The predicted octanol–water partition coefficient (Wildman–Crippen LogP) is 1.75. The minimum absolute atomic E-state index is 0.0411. The number of hydrogen-bond acceptors (Lipinski definition) is 3. The second-order valence-corrected chi connectivity index (χ2v) is 4.51. The highest BCUT2D eigenvalue weighted by atomic mass is 16.5. The van der Waals surface area contributed by atoms with Gasteiger partial charge < -0.3 is 14.8 Å². The highest BCUT2D eigenvalue weighted by Crippen LogP contribution is 2.15. The monoisotopic (exact) mass is 249 g/mol. The van der Waals surface area contributed by atoms with Gasteiger partial charge in [-0.1, -0.05) is 18.2 Å². The molecule has 0 aliphatic carbocycles. The Bertz CT molecular complexity index is 374. The highest BCUT2D eigenvalue weighted by Gasteiger charge is 2.23. The topological polar surface area (TPSA) is 47.6 Å². The van der Waals surface area contributed by atoms with Crippen molar-refractivity contribution in [1.29, 1.82) is 0 Å². The summed E-state index contributed by atoms with van der Waals surface area (Å²) in [7, 11) is 0. The fraction of sp³-hybridized carbons (Fsp3) is 0.500. The van der Waals surface area contributed by atoms with Gasteiger partial charge >= 0.3 is 0 Å². The molecule has 4 heteroatoms. The zero-order valence-electron chi connectivity index (χ0n) is 10.6. The van der Waals surface area contributed by atoms with Crippen molar-refractivity contribution in [2.45, 2.75) is 31.9 Å². The molecule has 1 aromatic rings. The first kappa shape index (κ1) is 12.9. The van der Waals surface area contributed by atoms with Crippen molar-refractivity contribution in [1.82, 2.24) is 5.32 Å². The molecule has 0 saturated carbocycles. The Kier molecular flexibility index (Phi) is 4.59. The van der Waals surface area contributed by atoms with E-state index < -0.39 is 0 Å². The SMILES string of the molecule is CC(NC(=O)COc1ccccc1)C1CCCO1. The molecule has 1 aliphatic rings. The number of rotatable bonds is 5. The van der Waals surface area contributed by atoms with Gasteiger partial charge in [0.15, 0.2) is 6.61 Å². The molecule has 0 radical (unpaired) electrons. The van der Waals surface area contributed by atoms with Crippen molar-refractivity contribution < 1.29 is 14.3 Å². The molecule has 1 amide bonds. The van der Waals surface area contributed by atoms with Crippen molar-refractivity contribution in [3.8, 4) is 5.75 Å². The number of amides is 1. The number of benzene rings is 1. The molecule has 0 spiro atoms. The summed E-state index contributed by atoms with van der Waals surface area (Å²) in [4.78, 5) is 11.7. The van der Waals surface area contributed by atoms with Crippen LogP contribution in [0.2, 0.25) is 0 Å². The lowest BCUT2D eigenvalue weighted by molar-refractivity contribution is -0.124. The van der Waals surface area contributed by atoms with Crippen LogP contribution in [0, 0.1) is 0 Å². The molecule has 18 heavy (non-hydrogen) atoms. The fourth-order valence-corrected chi connectivity index (χ4v) is 2.05. The minimum Gasteiger partial charge on any atom is -0.484 e. The summed E-state index contributed by atoms with van der Waals surface area (Å²) in [5.41, 5.74) is 0. The van der Waals surface area contributed by atoms with Gasteiger partial charge in [-0.05, 0) is 31.9 Å². The standard InChI is InChI=1S/C14H19NO3/c1-11(13-8-5-9-17-13)15-14(16)10-18-12-6-3-2-4-7-12/h2-4,6-7,11,13H,5,8-10H2,1H3,(H,15,16). The van der Waals surface area contributed by atoms with Crippen molar-refractivity contribution in [3.63, 3.8) is 0 Å². The van der Waals surface area contributed by atoms with Gasteiger partial charge in [0, 0.05) is 6.61 Å². The van der Waals surface area contributed by atoms with E-state index in [1.807, 2.05) is 37.3 Å². The van der Waals surface area contributed by atoms with Gasteiger partial charge in [0.2, 0.25) is 0 Å². The zero-order valence-corrected chi connectivity index (χ0v) is 10.6. The highest BCUT2D eigenvalue weighted by molar-refractivity contribution is 5.77. The number of nitrogens with one attached hydrogen (secondary N) is 1. The summed E-state index contributed by atoms with van der Waals surface area (Å²) in [6.07, 6.45) is 2.23. The van der Waals surface area contributed by atoms with Gasteiger partial charge in [0.05, 0.1) is 12.1 Å². The number of hydrogen-bond donors (Lipinski definition) is 1. The molecule has 1 aromatic carbocycles. The molecule has 2 rings (SSSR count). The molecule has 2 atom stereocenters. The van der Waals surface area contributed by atoms with Crippen molar-refractivity contribution in [3.05, 3.63) is 30.3 Å². The van der Waals surface area contributed by atoms with Crippen LogP contribution >= 0.6 is 0 Å². The summed E-state index contributed by atoms with van der Waals surface area (Å²) < 4.78 is 10.9. The van der Waals surface area contributed by atoms with E-state index in [9.17, 15) is 4.79 Å². The molecule has 2 unspecified atom stereocenters. The molecule has 0 bridgehead atoms. The number of carbonyl (C=O) groups excluding carboxylic acids is 1. The van der Waals surface area contributed by atoms with Crippen molar-refractivity contribution >= 4 is 5.91 Å². The molecule has 4 nitrogen and oxygen atoms in total. The first-order valence-corrected chi connectivity index (χ1v) is 6.34. The van der Waals surface area contributed by atoms with E-state index in [0.717, 1.165) is 19.4 Å². The lowest BCUT2D eigenvalue weighted by atomic mass is 10.1. The van der Waals surface area contributed by atoms with E-state index in [2.05, 4.69) is 5.32 Å². The maximum Gasteiger partial charge on any atom is 0.258 e. The van der Waals surface area contributed by atoms with E-state index in [-0.39, 0.29) is 24.7 Å². The second kappa shape index (κ2) is 6.40. The Labute approximate surface area is 107 Å². The Morgan fingerprint density at radius 2 is 2.28 bits per heavy atom. The minimum atomic E-state index is -0.109. The fourth-order valence-electron chi connectivity index (χ4n) is 2.05. The molecule has 1 N–H and O–H groups in total. The molecule has 0 aromatic heterocycles. The third kappa shape index (κ3) is 3.74. The first-order valence-electron chi connectivity index (χ1n) is 6.34. The molecular formula is C14H19NO3. The van der Waals surface area contributed by atoms with Crippen LogP contribution in [0.5, 0.6) is 5.75 Å². The van der Waals surface area contributed by atoms with Gasteiger partial charge in [0.1, 0.15) is 5.75 Å². The third-order valence-electron chi connectivity index (χ3n) is 3.02. The number of para-hydroxylation sites is 1. The molecule has 98 valence electrons. The summed E-state index contributed by atoms with van der Waals surface area (Å²) in [6, 6.07) is 9.36. The van der Waals surface area contributed by atoms with Crippen LogP contribution in [0.3, 0.4) is 0 Å². The van der Waals surface area contributed by atoms with Gasteiger partial charge in [-0.25, -0.2) is 0 Å². The quantitative estimate of drug-likeness (QED) is 0.864. The van der Waals surface area contributed by atoms with E-state index in [1.54, 1.807) is 0 Å². The first-order chi connectivity index (χ1) is 8.75. The average molecular weight is 249 g/mol. The summed E-state index contributed by atoms with van der Waals surface area (Å²) in [5.74, 6) is 0.597. The lowest BCUT2D eigenvalue weighted by Crippen LogP contribution is -2.42. The lowest BCUT2D eigenvalue weighted by Gasteiger charge is -2.19. The average Bonchev–Trinajstić information content (AvgIpc) is 2.91. The van der Waals surface area contributed by atoms with Gasteiger partial charge in [-0.3, -0.25) is 4.79 Å². The van der Waals surface area contributed by atoms with Crippen LogP contribution in [-0.2, 0) is 9.53 Å². The Hall–Kier alpha value is -1.55. The molecule has 1 saturated heterocycles. The largest absolute Gasteiger partial charge is 0.484 e. The summed E-state index contributed by atoms with van der Waals surface area (Å²) >= 11 is 0.